The molecule has 1 aliphatic rings. The molecule has 1 aliphatic carbocycles. The normalized spacial score (nSPS) is 18.2. The van der Waals surface area contributed by atoms with Crippen LogP contribution in [0.5, 0.6) is 0 Å². The van der Waals surface area contributed by atoms with Crippen LogP contribution in [0.4, 0.5) is 4.39 Å². The molecule has 0 aromatic rings. The van der Waals surface area contributed by atoms with Crippen LogP contribution in [-0.2, 0) is 9.53 Å². The Kier molecular flexibility index (Phi) is 3.03. The van der Waals surface area contributed by atoms with Crippen molar-refractivity contribution in [2.24, 2.45) is 0 Å². The molecule has 2 nitrogen and oxygen atoms in total. The number of hydrogen-bond donors (Lipinski definition) is 0. The molecule has 0 aromatic carbocycles. The highest BCUT2D eigenvalue weighted by molar-refractivity contribution is 9.11. The zero-order chi connectivity index (χ0) is 9.14. The van der Waals surface area contributed by atoms with E-state index in [0.717, 1.165) is 0 Å². The van der Waals surface area contributed by atoms with E-state index in [0.29, 0.717) is 23.6 Å². The first kappa shape index (κ1) is 9.45. The van der Waals surface area contributed by atoms with Gasteiger partial charge in [0.1, 0.15) is 5.76 Å². The van der Waals surface area contributed by atoms with Crippen molar-refractivity contribution >= 4 is 22.2 Å². The van der Waals surface area contributed by atoms with Crippen molar-refractivity contribution in [3.63, 3.8) is 0 Å². The molecule has 66 valence electrons. The summed E-state index contributed by atoms with van der Waals surface area (Å²) in [6, 6.07) is 0. The van der Waals surface area contributed by atoms with Gasteiger partial charge in [-0.1, -0.05) is 15.9 Å². The molecular formula is C8H8BrFO2. The van der Waals surface area contributed by atoms with E-state index in [-0.39, 0.29) is 11.3 Å². The Labute approximate surface area is 78.2 Å². The number of rotatable bonds is 2. The number of halogens is 2. The maximum absolute atomic E-state index is 13.2. The highest BCUT2D eigenvalue weighted by Gasteiger charge is 2.20. The summed E-state index contributed by atoms with van der Waals surface area (Å²) in [5, 5.41) is 0. The summed E-state index contributed by atoms with van der Waals surface area (Å²) in [4.78, 5) is 10.4. The zero-order valence-corrected chi connectivity index (χ0v) is 8.15. The van der Waals surface area contributed by atoms with Crippen LogP contribution in [-0.4, -0.2) is 13.4 Å². The number of carbonyl (C=O) groups is 1. The van der Waals surface area contributed by atoms with Crippen LogP contribution in [0.2, 0.25) is 0 Å². The lowest BCUT2D eigenvalue weighted by atomic mass is 10.1. The Morgan fingerprint density at radius 2 is 2.25 bits per heavy atom. The molecule has 0 saturated heterocycles. The Balaban J connectivity index is 3.07. The fraction of sp³-hybridized carbons (Fsp3) is 0.375. The third-order valence-corrected chi connectivity index (χ3v) is 2.53. The fourth-order valence-electron chi connectivity index (χ4n) is 1.04. The molecule has 0 radical (unpaired) electrons. The summed E-state index contributed by atoms with van der Waals surface area (Å²) in [5.41, 5.74) is 0.0677. The summed E-state index contributed by atoms with van der Waals surface area (Å²) in [6.07, 6.45) is 1.61. The van der Waals surface area contributed by atoms with Gasteiger partial charge in [-0.15, -0.1) is 0 Å². The smallest absolute Gasteiger partial charge is 0.172 e. The van der Waals surface area contributed by atoms with Crippen LogP contribution < -0.4 is 0 Å². The third kappa shape index (κ3) is 1.58. The molecule has 0 N–H and O–H groups in total. The van der Waals surface area contributed by atoms with Gasteiger partial charge in [0.25, 0.3) is 0 Å². The van der Waals surface area contributed by atoms with Gasteiger partial charge >= 0.3 is 0 Å². The maximum atomic E-state index is 13.2. The van der Waals surface area contributed by atoms with Crippen LogP contribution in [0.15, 0.2) is 21.6 Å². The quantitative estimate of drug-likeness (QED) is 0.687. The number of hydrogen-bond acceptors (Lipinski definition) is 2. The summed E-state index contributed by atoms with van der Waals surface area (Å²) < 4.78 is 18.6. The van der Waals surface area contributed by atoms with E-state index in [1.54, 1.807) is 0 Å². The molecule has 0 aliphatic heterocycles. The second-order valence-corrected chi connectivity index (χ2v) is 3.33. The van der Waals surface area contributed by atoms with Crippen molar-refractivity contribution in [2.75, 3.05) is 7.11 Å². The zero-order valence-electron chi connectivity index (χ0n) is 6.56. The van der Waals surface area contributed by atoms with Gasteiger partial charge in [-0.2, -0.15) is 0 Å². The maximum Gasteiger partial charge on any atom is 0.172 e. The van der Waals surface area contributed by atoms with E-state index < -0.39 is 5.83 Å². The molecule has 0 atom stereocenters. The minimum Gasteiger partial charge on any atom is -0.498 e. The minimum absolute atomic E-state index is 0.0677. The van der Waals surface area contributed by atoms with Crippen LogP contribution in [0.3, 0.4) is 0 Å². The topological polar surface area (TPSA) is 26.3 Å². The molecule has 0 bridgehead atoms. The van der Waals surface area contributed by atoms with Crippen LogP contribution in [0, 0.1) is 0 Å². The van der Waals surface area contributed by atoms with Crippen LogP contribution >= 0.6 is 15.9 Å². The van der Waals surface area contributed by atoms with Crippen molar-refractivity contribution < 1.29 is 13.9 Å². The lowest BCUT2D eigenvalue weighted by molar-refractivity contribution is -0.104. The molecule has 1 rings (SSSR count). The summed E-state index contributed by atoms with van der Waals surface area (Å²) in [6.45, 7) is 0. The van der Waals surface area contributed by atoms with E-state index in [1.165, 1.54) is 7.11 Å². The molecule has 12 heavy (non-hydrogen) atoms. The monoisotopic (exact) mass is 234 g/mol. The van der Waals surface area contributed by atoms with E-state index in [2.05, 4.69) is 15.9 Å². The second kappa shape index (κ2) is 3.85. The summed E-state index contributed by atoms with van der Waals surface area (Å²) in [7, 11) is 1.40. The molecule has 0 amide bonds. The van der Waals surface area contributed by atoms with Gasteiger partial charge in [0.05, 0.1) is 12.7 Å². The van der Waals surface area contributed by atoms with E-state index in [9.17, 15) is 9.18 Å². The number of carbonyl (C=O) groups excluding carboxylic acids is 1. The predicted octanol–water partition coefficient (Wildman–Crippen LogP) is 2.46. The molecular weight excluding hydrogens is 227 g/mol. The Morgan fingerprint density at radius 3 is 2.75 bits per heavy atom. The Bertz CT molecular complexity index is 268. The highest BCUT2D eigenvalue weighted by Crippen LogP contribution is 2.33. The molecule has 0 unspecified atom stereocenters. The molecule has 4 heteroatoms. The highest BCUT2D eigenvalue weighted by atomic mass is 79.9. The van der Waals surface area contributed by atoms with Gasteiger partial charge in [-0.05, 0) is 6.42 Å². The number of methoxy groups -OCH3 is 1. The van der Waals surface area contributed by atoms with Gasteiger partial charge in [0.2, 0.25) is 0 Å². The molecule has 0 saturated carbocycles. The minimum atomic E-state index is -0.550. The lowest BCUT2D eigenvalue weighted by Crippen LogP contribution is -2.03. The average Bonchev–Trinajstić information content (AvgIpc) is 2.06. The van der Waals surface area contributed by atoms with E-state index >= 15 is 0 Å². The first-order chi connectivity index (χ1) is 5.70. The van der Waals surface area contributed by atoms with Gasteiger partial charge in [0, 0.05) is 10.9 Å². The second-order valence-electron chi connectivity index (χ2n) is 2.38. The van der Waals surface area contributed by atoms with Crippen molar-refractivity contribution in [1.82, 2.24) is 0 Å². The molecule has 0 heterocycles. The molecule has 0 spiro atoms. The van der Waals surface area contributed by atoms with Crippen molar-refractivity contribution in [3.05, 3.63) is 21.6 Å². The molecule has 0 aromatic heterocycles. The van der Waals surface area contributed by atoms with Crippen molar-refractivity contribution in [1.29, 1.82) is 0 Å². The molecule has 0 fully saturated rings. The van der Waals surface area contributed by atoms with Crippen LogP contribution in [0.1, 0.15) is 12.8 Å². The summed E-state index contributed by atoms with van der Waals surface area (Å²) in [5.74, 6) is -0.300. The largest absolute Gasteiger partial charge is 0.498 e. The SMILES string of the molecule is COC1=C(F)C(C=O)=C(Br)CC1. The standard InChI is InChI=1S/C8H8BrFO2/c1-12-7-3-2-6(9)5(4-11)8(7)10/h4H,2-3H2,1H3. The predicted molar refractivity (Wildman–Crippen MR) is 46.4 cm³/mol. The number of aldehydes is 1. The fourth-order valence-corrected chi connectivity index (χ4v) is 1.51. The van der Waals surface area contributed by atoms with Gasteiger partial charge in [-0.3, -0.25) is 4.79 Å². The van der Waals surface area contributed by atoms with Crippen molar-refractivity contribution in [3.8, 4) is 0 Å². The van der Waals surface area contributed by atoms with Gasteiger partial charge < -0.3 is 4.74 Å². The third-order valence-electron chi connectivity index (χ3n) is 1.71. The van der Waals surface area contributed by atoms with E-state index in [4.69, 9.17) is 4.74 Å². The van der Waals surface area contributed by atoms with Crippen molar-refractivity contribution in [2.45, 2.75) is 12.8 Å². The lowest BCUT2D eigenvalue weighted by Gasteiger charge is -2.14. The first-order valence-corrected chi connectivity index (χ1v) is 4.26. The Morgan fingerprint density at radius 1 is 1.58 bits per heavy atom. The Hall–Kier alpha value is -0.640. The first-order valence-electron chi connectivity index (χ1n) is 3.47. The number of allylic oxidation sites excluding steroid dienone is 4. The van der Waals surface area contributed by atoms with E-state index in [1.807, 2.05) is 0 Å². The van der Waals surface area contributed by atoms with Gasteiger partial charge in [-0.25, -0.2) is 4.39 Å². The van der Waals surface area contributed by atoms with Crippen LogP contribution in [0.25, 0.3) is 0 Å². The number of ether oxygens (including phenoxy) is 1. The summed E-state index contributed by atoms with van der Waals surface area (Å²) >= 11 is 3.13. The average molecular weight is 235 g/mol. The van der Waals surface area contributed by atoms with Gasteiger partial charge in [0.15, 0.2) is 12.1 Å².